The maximum atomic E-state index is 12.8. The van der Waals surface area contributed by atoms with Crippen molar-refractivity contribution < 1.29 is 23.6 Å². The van der Waals surface area contributed by atoms with Gasteiger partial charge in [0.25, 0.3) is 5.91 Å². The average molecular weight is 487 g/mol. The van der Waals surface area contributed by atoms with E-state index in [2.05, 4.69) is 20.8 Å². The molecule has 9 heteroatoms. The second-order valence-electron chi connectivity index (χ2n) is 7.87. The maximum Gasteiger partial charge on any atom is 0.257 e. The number of aryl methyl sites for hydroxylation is 1. The fraction of sp³-hybridized carbons (Fsp3) is 0.185. The third-order valence-electron chi connectivity index (χ3n) is 5.38. The summed E-state index contributed by atoms with van der Waals surface area (Å²) in [7, 11) is 3.16. The summed E-state index contributed by atoms with van der Waals surface area (Å²) in [5.74, 6) is 1.75. The van der Waals surface area contributed by atoms with E-state index in [9.17, 15) is 9.59 Å². The molecule has 1 aromatic heterocycles. The molecule has 0 saturated carbocycles. The summed E-state index contributed by atoms with van der Waals surface area (Å²) in [5.41, 5.74) is 2.19. The highest BCUT2D eigenvalue weighted by atomic mass is 16.5. The highest BCUT2D eigenvalue weighted by Gasteiger charge is 2.15. The Balaban J connectivity index is 1.31. The molecular formula is C27H26N4O5. The van der Waals surface area contributed by atoms with Crippen molar-refractivity contribution in [2.75, 3.05) is 24.9 Å². The number of anilines is 2. The molecule has 9 nitrogen and oxygen atoms in total. The van der Waals surface area contributed by atoms with Crippen LogP contribution in [0.4, 0.5) is 11.4 Å². The summed E-state index contributed by atoms with van der Waals surface area (Å²) in [4.78, 5) is 29.8. The van der Waals surface area contributed by atoms with Gasteiger partial charge in [-0.2, -0.15) is 4.98 Å². The lowest BCUT2D eigenvalue weighted by atomic mass is 10.1. The lowest BCUT2D eigenvalue weighted by Crippen LogP contribution is -2.18. The number of methoxy groups -OCH3 is 2. The Morgan fingerprint density at radius 2 is 1.67 bits per heavy atom. The Hall–Kier alpha value is -4.66. The Labute approximate surface area is 208 Å². The monoisotopic (exact) mass is 486 g/mol. The van der Waals surface area contributed by atoms with Gasteiger partial charge in [0, 0.05) is 30.2 Å². The number of aromatic nitrogens is 2. The number of nitrogens with one attached hydrogen (secondary N) is 2. The number of amides is 2. The van der Waals surface area contributed by atoms with E-state index in [1.807, 2.05) is 24.3 Å². The van der Waals surface area contributed by atoms with Crippen LogP contribution in [0.25, 0.3) is 11.4 Å². The van der Waals surface area contributed by atoms with E-state index in [-0.39, 0.29) is 18.2 Å². The Morgan fingerprint density at radius 1 is 0.889 bits per heavy atom. The standard InChI is InChI=1S/C27H26N4O5/c1-34-20-15-13-18(14-16-20)26-30-25(36-31-26)12-6-11-24(32)29-23-10-4-3-9-22(23)27(33)28-19-7-5-8-21(17-19)35-2/h3-5,7-10,13-17H,6,11-12H2,1-2H3,(H,28,33)(H,29,32). The molecule has 36 heavy (non-hydrogen) atoms. The van der Waals surface area contributed by atoms with Gasteiger partial charge in [-0.3, -0.25) is 9.59 Å². The van der Waals surface area contributed by atoms with Crippen LogP contribution in [0.1, 0.15) is 29.1 Å². The van der Waals surface area contributed by atoms with Gasteiger partial charge in [0.05, 0.1) is 25.5 Å². The van der Waals surface area contributed by atoms with Crippen LogP contribution in [0.3, 0.4) is 0 Å². The molecule has 2 amide bonds. The SMILES string of the molecule is COc1ccc(-c2noc(CCCC(=O)Nc3ccccc3C(=O)Nc3cccc(OC)c3)n2)cc1. The molecule has 0 aliphatic carbocycles. The molecule has 0 spiro atoms. The summed E-state index contributed by atoms with van der Waals surface area (Å²) in [5, 5.41) is 9.66. The van der Waals surface area contributed by atoms with Crippen molar-refractivity contribution in [3.63, 3.8) is 0 Å². The quantitative estimate of drug-likeness (QED) is 0.325. The molecule has 0 fully saturated rings. The van der Waals surface area contributed by atoms with E-state index >= 15 is 0 Å². The molecule has 0 bridgehead atoms. The van der Waals surface area contributed by atoms with Crippen LogP contribution >= 0.6 is 0 Å². The van der Waals surface area contributed by atoms with Gasteiger partial charge < -0.3 is 24.6 Å². The largest absolute Gasteiger partial charge is 0.497 e. The minimum absolute atomic E-state index is 0.216. The van der Waals surface area contributed by atoms with Crippen LogP contribution in [0.15, 0.2) is 77.3 Å². The van der Waals surface area contributed by atoms with Crippen molar-refractivity contribution in [2.24, 2.45) is 0 Å². The molecule has 4 aromatic rings. The van der Waals surface area contributed by atoms with Crippen LogP contribution in [0, 0.1) is 0 Å². The minimum atomic E-state index is -0.337. The van der Waals surface area contributed by atoms with Crippen molar-refractivity contribution in [3.05, 3.63) is 84.3 Å². The molecule has 3 aromatic carbocycles. The number of benzene rings is 3. The molecule has 0 radical (unpaired) electrons. The first-order chi connectivity index (χ1) is 17.6. The summed E-state index contributed by atoms with van der Waals surface area (Å²) in [6.45, 7) is 0. The number of ether oxygens (including phenoxy) is 2. The number of nitrogens with zero attached hydrogens (tertiary/aromatic N) is 2. The first kappa shape index (κ1) is 24.5. The van der Waals surface area contributed by atoms with Gasteiger partial charge in [0.15, 0.2) is 0 Å². The van der Waals surface area contributed by atoms with Crippen molar-refractivity contribution in [1.29, 1.82) is 0 Å². The van der Waals surface area contributed by atoms with Gasteiger partial charge in [0.1, 0.15) is 11.5 Å². The van der Waals surface area contributed by atoms with Gasteiger partial charge in [0.2, 0.25) is 17.6 Å². The van der Waals surface area contributed by atoms with E-state index < -0.39 is 0 Å². The highest BCUT2D eigenvalue weighted by molar-refractivity contribution is 6.10. The lowest BCUT2D eigenvalue weighted by Gasteiger charge is -2.12. The number of carbonyl (C=O) groups is 2. The zero-order chi connectivity index (χ0) is 25.3. The second kappa shape index (κ2) is 11.7. The zero-order valence-corrected chi connectivity index (χ0v) is 20.0. The van der Waals surface area contributed by atoms with Crippen molar-refractivity contribution in [1.82, 2.24) is 10.1 Å². The first-order valence-electron chi connectivity index (χ1n) is 11.4. The van der Waals surface area contributed by atoms with Crippen LogP contribution in [0.5, 0.6) is 11.5 Å². The van der Waals surface area contributed by atoms with Gasteiger partial charge in [-0.15, -0.1) is 0 Å². The summed E-state index contributed by atoms with van der Waals surface area (Å²) in [6.07, 6.45) is 1.19. The third-order valence-corrected chi connectivity index (χ3v) is 5.38. The normalized spacial score (nSPS) is 10.5. The van der Waals surface area contributed by atoms with Crippen LogP contribution in [0.2, 0.25) is 0 Å². The van der Waals surface area contributed by atoms with E-state index in [0.717, 1.165) is 11.3 Å². The van der Waals surface area contributed by atoms with Crippen molar-refractivity contribution in [3.8, 4) is 22.9 Å². The third kappa shape index (κ3) is 6.26. The van der Waals surface area contributed by atoms with Crippen LogP contribution in [-0.2, 0) is 11.2 Å². The Kier molecular flexibility index (Phi) is 7.92. The number of carbonyl (C=O) groups excluding carboxylic acids is 2. The van der Waals surface area contributed by atoms with Gasteiger partial charge in [-0.05, 0) is 55.0 Å². The van der Waals surface area contributed by atoms with Crippen LogP contribution < -0.4 is 20.1 Å². The van der Waals surface area contributed by atoms with Crippen molar-refractivity contribution in [2.45, 2.75) is 19.3 Å². The predicted molar refractivity (Wildman–Crippen MR) is 135 cm³/mol. The number of hydrogen-bond acceptors (Lipinski definition) is 7. The van der Waals surface area contributed by atoms with E-state index in [0.29, 0.717) is 47.2 Å². The maximum absolute atomic E-state index is 12.8. The van der Waals surface area contributed by atoms with Gasteiger partial charge in [-0.25, -0.2) is 0 Å². The van der Waals surface area contributed by atoms with Gasteiger partial charge in [-0.1, -0.05) is 23.4 Å². The zero-order valence-electron chi connectivity index (χ0n) is 20.0. The van der Waals surface area contributed by atoms with Gasteiger partial charge >= 0.3 is 0 Å². The molecule has 2 N–H and O–H groups in total. The Bertz CT molecular complexity index is 1330. The highest BCUT2D eigenvalue weighted by Crippen LogP contribution is 2.22. The smallest absolute Gasteiger partial charge is 0.257 e. The molecule has 0 unspecified atom stereocenters. The van der Waals surface area contributed by atoms with Crippen molar-refractivity contribution >= 4 is 23.2 Å². The van der Waals surface area contributed by atoms with E-state index in [1.165, 1.54) is 0 Å². The predicted octanol–water partition coefficient (Wildman–Crippen LogP) is 4.97. The number of para-hydroxylation sites is 1. The summed E-state index contributed by atoms with van der Waals surface area (Å²) in [6, 6.07) is 21.3. The van der Waals surface area contributed by atoms with E-state index in [4.69, 9.17) is 14.0 Å². The fourth-order valence-electron chi connectivity index (χ4n) is 3.52. The van der Waals surface area contributed by atoms with Crippen LogP contribution in [-0.4, -0.2) is 36.2 Å². The average Bonchev–Trinajstić information content (AvgIpc) is 3.38. The fourth-order valence-corrected chi connectivity index (χ4v) is 3.52. The molecule has 4 rings (SSSR count). The first-order valence-corrected chi connectivity index (χ1v) is 11.4. The molecule has 1 heterocycles. The molecule has 0 atom stereocenters. The second-order valence-corrected chi connectivity index (χ2v) is 7.87. The van der Waals surface area contributed by atoms with E-state index in [1.54, 1.807) is 62.8 Å². The number of hydrogen-bond donors (Lipinski definition) is 2. The lowest BCUT2D eigenvalue weighted by molar-refractivity contribution is -0.116. The summed E-state index contributed by atoms with van der Waals surface area (Å²) < 4.78 is 15.7. The minimum Gasteiger partial charge on any atom is -0.497 e. The Morgan fingerprint density at radius 3 is 2.44 bits per heavy atom. The molecule has 184 valence electrons. The molecular weight excluding hydrogens is 460 g/mol. The number of rotatable bonds is 10. The summed E-state index contributed by atoms with van der Waals surface area (Å²) >= 11 is 0. The molecule has 0 aliphatic rings. The topological polar surface area (TPSA) is 116 Å². The molecule has 0 aliphatic heterocycles. The molecule has 0 saturated heterocycles.